The highest BCUT2D eigenvalue weighted by atomic mass is 32.1. The lowest BCUT2D eigenvalue weighted by Gasteiger charge is -2.25. The van der Waals surface area contributed by atoms with Gasteiger partial charge >= 0.3 is 0 Å². The van der Waals surface area contributed by atoms with E-state index in [0.717, 1.165) is 13.0 Å². The van der Waals surface area contributed by atoms with Crippen molar-refractivity contribution in [2.75, 3.05) is 0 Å². The van der Waals surface area contributed by atoms with Gasteiger partial charge in [-0.2, -0.15) is 0 Å². The monoisotopic (exact) mass is 300 g/mol. The molecule has 1 aromatic carbocycles. The number of benzene rings is 1. The van der Waals surface area contributed by atoms with Crippen molar-refractivity contribution in [1.29, 1.82) is 0 Å². The maximum Gasteiger partial charge on any atom is 0.107 e. The number of thiazole rings is 1. The first kappa shape index (κ1) is 14.7. The lowest BCUT2D eigenvalue weighted by atomic mass is 9.88. The van der Waals surface area contributed by atoms with Crippen LogP contribution in [-0.2, 0) is 24.8 Å². The Morgan fingerprint density at radius 2 is 2.00 bits per heavy atom. The molecule has 1 unspecified atom stereocenters. The molecule has 1 N–H and O–H groups in total. The first-order valence-electron chi connectivity index (χ1n) is 7.77. The van der Waals surface area contributed by atoms with Gasteiger partial charge in [-0.3, -0.25) is 0 Å². The molecule has 0 fully saturated rings. The van der Waals surface area contributed by atoms with Crippen molar-refractivity contribution in [1.82, 2.24) is 10.3 Å². The Kier molecular flexibility index (Phi) is 4.14. The highest BCUT2D eigenvalue weighted by Crippen LogP contribution is 2.25. The summed E-state index contributed by atoms with van der Waals surface area (Å²) in [6.45, 7) is 7.56. The number of aryl methyl sites for hydroxylation is 1. The van der Waals surface area contributed by atoms with Crippen LogP contribution < -0.4 is 5.32 Å². The van der Waals surface area contributed by atoms with Crippen LogP contribution in [0.25, 0.3) is 0 Å². The van der Waals surface area contributed by atoms with Crippen LogP contribution in [0.3, 0.4) is 0 Å². The molecule has 1 heterocycles. The molecule has 112 valence electrons. The van der Waals surface area contributed by atoms with Crippen molar-refractivity contribution in [2.45, 2.75) is 58.0 Å². The lowest BCUT2D eigenvalue weighted by Crippen LogP contribution is -2.34. The minimum absolute atomic E-state index is 0.151. The second-order valence-corrected chi connectivity index (χ2v) is 7.91. The van der Waals surface area contributed by atoms with Crippen molar-refractivity contribution < 1.29 is 0 Å². The van der Waals surface area contributed by atoms with Crippen LogP contribution in [0.2, 0.25) is 0 Å². The van der Waals surface area contributed by atoms with E-state index in [4.69, 9.17) is 4.98 Å². The summed E-state index contributed by atoms with van der Waals surface area (Å²) in [4.78, 5) is 4.77. The van der Waals surface area contributed by atoms with Gasteiger partial charge in [0.1, 0.15) is 5.01 Å². The Morgan fingerprint density at radius 3 is 2.71 bits per heavy atom. The molecular weight excluding hydrogens is 276 g/mol. The number of hydrogen-bond acceptors (Lipinski definition) is 3. The molecule has 2 nitrogen and oxygen atoms in total. The van der Waals surface area contributed by atoms with Crippen LogP contribution in [0.5, 0.6) is 0 Å². The molecule has 0 saturated heterocycles. The first-order valence-corrected chi connectivity index (χ1v) is 8.65. The summed E-state index contributed by atoms with van der Waals surface area (Å²) in [5.74, 6) is 0. The molecule has 0 amide bonds. The van der Waals surface area contributed by atoms with Gasteiger partial charge in [0.25, 0.3) is 0 Å². The van der Waals surface area contributed by atoms with E-state index in [9.17, 15) is 0 Å². The SMILES string of the molecule is CC(C)(C)c1csc(CNC2CCc3ccccc3C2)n1. The molecule has 21 heavy (non-hydrogen) atoms. The fourth-order valence-corrected chi connectivity index (χ4v) is 3.81. The van der Waals surface area contributed by atoms with E-state index in [1.54, 1.807) is 11.3 Å². The third-order valence-corrected chi connectivity index (χ3v) is 5.06. The molecule has 3 rings (SSSR count). The van der Waals surface area contributed by atoms with Gasteiger partial charge < -0.3 is 5.32 Å². The van der Waals surface area contributed by atoms with Gasteiger partial charge in [0.15, 0.2) is 0 Å². The second-order valence-electron chi connectivity index (χ2n) is 6.97. The van der Waals surface area contributed by atoms with E-state index in [0.29, 0.717) is 6.04 Å². The van der Waals surface area contributed by atoms with Gasteiger partial charge in [0.05, 0.1) is 5.69 Å². The fourth-order valence-electron chi connectivity index (χ4n) is 2.84. The van der Waals surface area contributed by atoms with Gasteiger partial charge in [-0.1, -0.05) is 45.0 Å². The first-order chi connectivity index (χ1) is 10.0. The summed E-state index contributed by atoms with van der Waals surface area (Å²) in [6.07, 6.45) is 3.57. The Bertz CT molecular complexity index is 610. The van der Waals surface area contributed by atoms with Gasteiger partial charge in [0.2, 0.25) is 0 Å². The summed E-state index contributed by atoms with van der Waals surface area (Å²) in [5.41, 5.74) is 4.40. The van der Waals surface area contributed by atoms with E-state index in [2.05, 4.69) is 55.7 Å². The van der Waals surface area contributed by atoms with Crippen LogP contribution in [0.15, 0.2) is 29.6 Å². The molecular formula is C18H24N2S. The number of nitrogens with zero attached hydrogens (tertiary/aromatic N) is 1. The maximum atomic E-state index is 4.77. The second kappa shape index (κ2) is 5.90. The van der Waals surface area contributed by atoms with Crippen molar-refractivity contribution >= 4 is 11.3 Å². The highest BCUT2D eigenvalue weighted by molar-refractivity contribution is 7.09. The minimum Gasteiger partial charge on any atom is -0.307 e. The molecule has 0 spiro atoms. The van der Waals surface area contributed by atoms with Crippen molar-refractivity contribution in [3.8, 4) is 0 Å². The zero-order chi connectivity index (χ0) is 14.9. The molecule has 0 radical (unpaired) electrons. The highest BCUT2D eigenvalue weighted by Gasteiger charge is 2.20. The minimum atomic E-state index is 0.151. The number of aromatic nitrogens is 1. The molecule has 0 bridgehead atoms. The fraction of sp³-hybridized carbons (Fsp3) is 0.500. The topological polar surface area (TPSA) is 24.9 Å². The Balaban J connectivity index is 1.58. The molecule has 1 atom stereocenters. The zero-order valence-corrected chi connectivity index (χ0v) is 14.0. The van der Waals surface area contributed by atoms with Crippen molar-refractivity contribution in [2.24, 2.45) is 0 Å². The van der Waals surface area contributed by atoms with Gasteiger partial charge in [-0.25, -0.2) is 4.98 Å². The zero-order valence-electron chi connectivity index (χ0n) is 13.1. The van der Waals surface area contributed by atoms with E-state index < -0.39 is 0 Å². The van der Waals surface area contributed by atoms with E-state index in [1.807, 2.05) is 0 Å². The molecule has 3 heteroatoms. The summed E-state index contributed by atoms with van der Waals surface area (Å²) in [5, 5.41) is 7.10. The van der Waals surface area contributed by atoms with Gasteiger partial charge in [-0.15, -0.1) is 11.3 Å². The van der Waals surface area contributed by atoms with Crippen LogP contribution in [0, 0.1) is 0 Å². The average Bonchev–Trinajstić information content (AvgIpc) is 2.94. The predicted octanol–water partition coefficient (Wildman–Crippen LogP) is 4.09. The Morgan fingerprint density at radius 1 is 1.24 bits per heavy atom. The predicted molar refractivity (Wildman–Crippen MR) is 89.9 cm³/mol. The number of hydrogen-bond donors (Lipinski definition) is 1. The number of nitrogens with one attached hydrogen (secondary N) is 1. The van der Waals surface area contributed by atoms with E-state index in [1.165, 1.54) is 34.7 Å². The van der Waals surface area contributed by atoms with Crippen molar-refractivity contribution in [3.63, 3.8) is 0 Å². The molecule has 1 aliphatic rings. The van der Waals surface area contributed by atoms with Gasteiger partial charge in [0, 0.05) is 23.4 Å². The van der Waals surface area contributed by atoms with Crippen LogP contribution in [-0.4, -0.2) is 11.0 Å². The lowest BCUT2D eigenvalue weighted by molar-refractivity contribution is 0.456. The van der Waals surface area contributed by atoms with E-state index >= 15 is 0 Å². The summed E-state index contributed by atoms with van der Waals surface area (Å²) in [6, 6.07) is 9.42. The number of rotatable bonds is 3. The van der Waals surface area contributed by atoms with Crippen molar-refractivity contribution in [3.05, 3.63) is 51.5 Å². The third kappa shape index (κ3) is 3.53. The quantitative estimate of drug-likeness (QED) is 0.923. The largest absolute Gasteiger partial charge is 0.307 e. The molecule has 1 aliphatic carbocycles. The van der Waals surface area contributed by atoms with E-state index in [-0.39, 0.29) is 5.41 Å². The smallest absolute Gasteiger partial charge is 0.107 e. The summed E-state index contributed by atoms with van der Waals surface area (Å²) in [7, 11) is 0. The Hall–Kier alpha value is -1.19. The number of fused-ring (bicyclic) bond motifs is 1. The third-order valence-electron chi connectivity index (χ3n) is 4.21. The molecule has 2 aromatic rings. The molecule has 0 aliphatic heterocycles. The maximum absolute atomic E-state index is 4.77. The average molecular weight is 300 g/mol. The van der Waals surface area contributed by atoms with Crippen LogP contribution in [0.4, 0.5) is 0 Å². The normalized spacial score (nSPS) is 18.5. The molecule has 1 aromatic heterocycles. The molecule has 0 saturated carbocycles. The van der Waals surface area contributed by atoms with Gasteiger partial charge in [-0.05, 0) is 30.4 Å². The van der Waals surface area contributed by atoms with Crippen LogP contribution >= 0.6 is 11.3 Å². The summed E-state index contributed by atoms with van der Waals surface area (Å²) < 4.78 is 0. The van der Waals surface area contributed by atoms with Crippen LogP contribution in [0.1, 0.15) is 49.0 Å². The standard InChI is InChI=1S/C18H24N2S/c1-18(2,3)16-12-21-17(20-16)11-19-15-9-8-13-6-4-5-7-14(13)10-15/h4-7,12,15,19H,8-11H2,1-3H3. The summed E-state index contributed by atoms with van der Waals surface area (Å²) >= 11 is 1.78. The Labute approximate surface area is 131 Å².